The molecule has 0 aliphatic carbocycles. The third kappa shape index (κ3) is 4.04. The van der Waals surface area contributed by atoms with Gasteiger partial charge in [0.05, 0.1) is 0 Å². The fourth-order valence-corrected chi connectivity index (χ4v) is 4.17. The van der Waals surface area contributed by atoms with Crippen molar-refractivity contribution in [2.24, 2.45) is 7.05 Å². The van der Waals surface area contributed by atoms with Crippen LogP contribution in [-0.4, -0.2) is 52.2 Å². The lowest BCUT2D eigenvalue weighted by Gasteiger charge is -2.14. The molecule has 3 heterocycles. The topological polar surface area (TPSA) is 72.7 Å². The number of anilines is 1. The molecule has 3 aromatic rings. The molecule has 0 bridgehead atoms. The maximum absolute atomic E-state index is 6.25. The van der Waals surface area contributed by atoms with Gasteiger partial charge in [0.1, 0.15) is 12.6 Å². The fourth-order valence-electron chi connectivity index (χ4n) is 3.24. The molecule has 2 N–H and O–H groups in total. The Kier molecular flexibility index (Phi) is 5.61. The molecular weight excluding hydrogens is 372 g/mol. The summed E-state index contributed by atoms with van der Waals surface area (Å²) < 4.78 is 8.27. The van der Waals surface area contributed by atoms with Crippen LogP contribution in [0.2, 0.25) is 0 Å². The number of pyridine rings is 1. The third-order valence-corrected chi connectivity index (χ3v) is 6.01. The number of benzene rings is 1. The molecule has 0 radical (unpaired) electrons. The molecule has 4 rings (SSSR count). The number of nitrogens with zero attached hydrogens (tertiary/aromatic N) is 5. The first-order valence-corrected chi connectivity index (χ1v) is 10.3. The number of hydrogen-bond donors (Lipinski definition) is 1. The van der Waals surface area contributed by atoms with Crippen LogP contribution in [0.5, 0.6) is 0 Å². The maximum atomic E-state index is 6.25. The van der Waals surface area contributed by atoms with Gasteiger partial charge in [-0.15, -0.1) is 10.2 Å². The lowest BCUT2D eigenvalue weighted by Crippen LogP contribution is -2.82. The predicted molar refractivity (Wildman–Crippen MR) is 110 cm³/mol. The zero-order valence-corrected chi connectivity index (χ0v) is 17.1. The molecule has 8 heteroatoms. The Morgan fingerprint density at radius 3 is 2.61 bits per heavy atom. The van der Waals surface area contributed by atoms with Crippen LogP contribution in [0, 0.1) is 0 Å². The molecule has 2 atom stereocenters. The van der Waals surface area contributed by atoms with Crippen molar-refractivity contribution in [3.8, 4) is 11.4 Å². The van der Waals surface area contributed by atoms with E-state index in [1.165, 1.54) is 11.3 Å². The molecule has 1 aliphatic heterocycles. The zero-order chi connectivity index (χ0) is 19.5. The number of ether oxygens (including phenoxy) is 1. The van der Waals surface area contributed by atoms with Crippen molar-refractivity contribution < 1.29 is 10.1 Å². The largest absolute Gasteiger partial charge is 0.378 e. The van der Waals surface area contributed by atoms with Crippen LogP contribution in [-0.2, 0) is 11.8 Å². The van der Waals surface area contributed by atoms with Crippen LogP contribution in [0.3, 0.4) is 0 Å². The minimum absolute atomic E-state index is 0.0636. The van der Waals surface area contributed by atoms with E-state index in [0.29, 0.717) is 0 Å². The highest BCUT2D eigenvalue weighted by atomic mass is 32.2. The average Bonchev–Trinajstić information content (AvgIpc) is 3.34. The molecule has 0 unspecified atom stereocenters. The number of hydrogen-bond acceptors (Lipinski definition) is 6. The minimum atomic E-state index is 0.0636. The van der Waals surface area contributed by atoms with E-state index < -0.39 is 0 Å². The van der Waals surface area contributed by atoms with Crippen LogP contribution in [0.4, 0.5) is 5.69 Å². The second-order valence-corrected chi connectivity index (χ2v) is 8.04. The van der Waals surface area contributed by atoms with Crippen LogP contribution in [0.15, 0.2) is 53.9 Å². The Morgan fingerprint density at radius 1 is 1.14 bits per heavy atom. The van der Waals surface area contributed by atoms with Gasteiger partial charge in [-0.3, -0.25) is 4.98 Å². The van der Waals surface area contributed by atoms with E-state index in [4.69, 9.17) is 4.74 Å². The van der Waals surface area contributed by atoms with E-state index in [2.05, 4.69) is 49.7 Å². The molecule has 0 spiro atoms. The summed E-state index contributed by atoms with van der Waals surface area (Å²) in [6.45, 7) is 0.947. The van der Waals surface area contributed by atoms with E-state index in [9.17, 15) is 0 Å². The van der Waals surface area contributed by atoms with Gasteiger partial charge < -0.3 is 19.5 Å². The van der Waals surface area contributed by atoms with Gasteiger partial charge in [-0.2, -0.15) is 0 Å². The Labute approximate surface area is 169 Å². The monoisotopic (exact) mass is 397 g/mol. The van der Waals surface area contributed by atoms with Gasteiger partial charge >= 0.3 is 0 Å². The normalized spacial score (nSPS) is 19.1. The van der Waals surface area contributed by atoms with Crippen molar-refractivity contribution in [3.05, 3.63) is 54.4 Å². The van der Waals surface area contributed by atoms with E-state index in [1.807, 2.05) is 37.8 Å². The highest BCUT2D eigenvalue weighted by Crippen LogP contribution is 2.25. The fraction of sp³-hybridized carbons (Fsp3) is 0.350. The molecule has 1 saturated heterocycles. The van der Waals surface area contributed by atoms with Crippen LogP contribution in [0.25, 0.3) is 11.4 Å². The average molecular weight is 398 g/mol. The van der Waals surface area contributed by atoms with E-state index in [1.54, 1.807) is 24.2 Å². The lowest BCUT2D eigenvalue weighted by atomic mass is 10.2. The molecular formula is C20H25N6OS+. The number of nitrogens with two attached hydrogens (primary N) is 1. The molecule has 1 fully saturated rings. The second-order valence-electron chi connectivity index (χ2n) is 7.05. The van der Waals surface area contributed by atoms with E-state index in [-0.39, 0.29) is 12.3 Å². The molecule has 146 valence electrons. The van der Waals surface area contributed by atoms with Gasteiger partial charge in [0.2, 0.25) is 6.23 Å². The van der Waals surface area contributed by atoms with Crippen LogP contribution < -0.4 is 10.2 Å². The summed E-state index contributed by atoms with van der Waals surface area (Å²) in [4.78, 5) is 6.16. The summed E-state index contributed by atoms with van der Waals surface area (Å²) in [6.07, 6.45) is 3.78. The van der Waals surface area contributed by atoms with Gasteiger partial charge in [0.15, 0.2) is 11.0 Å². The Morgan fingerprint density at radius 2 is 1.89 bits per heavy atom. The summed E-state index contributed by atoms with van der Waals surface area (Å²) in [7, 11) is 6.09. The summed E-state index contributed by atoms with van der Waals surface area (Å²) in [5.41, 5.74) is 3.42. The summed E-state index contributed by atoms with van der Waals surface area (Å²) in [6, 6.07) is 12.5. The first-order chi connectivity index (χ1) is 13.6. The Hall–Kier alpha value is -2.42. The second kappa shape index (κ2) is 8.30. The van der Waals surface area contributed by atoms with Crippen molar-refractivity contribution in [1.82, 2.24) is 19.7 Å². The summed E-state index contributed by atoms with van der Waals surface area (Å²) in [5.74, 6) is 1.70. The molecule has 28 heavy (non-hydrogen) atoms. The van der Waals surface area contributed by atoms with Gasteiger partial charge in [-0.25, -0.2) is 0 Å². The van der Waals surface area contributed by atoms with Gasteiger partial charge in [-0.1, -0.05) is 11.8 Å². The number of quaternary nitrogens is 1. The number of thioether (sulfide) groups is 1. The smallest absolute Gasteiger partial charge is 0.217 e. The highest BCUT2D eigenvalue weighted by molar-refractivity contribution is 7.99. The first-order valence-electron chi connectivity index (χ1n) is 9.30. The highest BCUT2D eigenvalue weighted by Gasteiger charge is 2.30. The van der Waals surface area contributed by atoms with Crippen molar-refractivity contribution in [2.75, 3.05) is 31.3 Å². The van der Waals surface area contributed by atoms with Gasteiger partial charge in [-0.05, 0) is 36.4 Å². The van der Waals surface area contributed by atoms with Crippen molar-refractivity contribution in [1.29, 1.82) is 0 Å². The molecule has 2 aromatic heterocycles. The maximum Gasteiger partial charge on any atom is 0.217 e. The molecule has 0 amide bonds. The van der Waals surface area contributed by atoms with Crippen LogP contribution >= 0.6 is 11.8 Å². The molecule has 7 nitrogen and oxygen atoms in total. The third-order valence-electron chi connectivity index (χ3n) is 4.86. The number of aromatic nitrogens is 4. The Bertz CT molecular complexity index is 912. The minimum Gasteiger partial charge on any atom is -0.378 e. The van der Waals surface area contributed by atoms with Gasteiger partial charge in [0.25, 0.3) is 0 Å². The Balaban J connectivity index is 1.35. The van der Waals surface area contributed by atoms with Gasteiger partial charge in [0, 0.05) is 56.1 Å². The standard InChI is InChI=1S/C20H24N6OS/c1-25(2)16-6-4-15(5-7-16)19-22-12-17(27-19)13-28-20-24-23-18(26(20)3)14-8-10-21-11-9-14/h4-11,17,19,22H,12-13H2,1-3H3/p+1/t17-,19+/m0/s1. The van der Waals surface area contributed by atoms with Crippen molar-refractivity contribution in [2.45, 2.75) is 17.5 Å². The number of rotatable bonds is 6. The quantitative estimate of drug-likeness (QED) is 0.639. The summed E-state index contributed by atoms with van der Waals surface area (Å²) >= 11 is 1.69. The van der Waals surface area contributed by atoms with Crippen LogP contribution in [0.1, 0.15) is 11.8 Å². The molecule has 1 aromatic carbocycles. The van der Waals surface area contributed by atoms with Crippen molar-refractivity contribution in [3.63, 3.8) is 0 Å². The van der Waals surface area contributed by atoms with E-state index in [0.717, 1.165) is 28.8 Å². The molecule has 1 aliphatic rings. The first kappa shape index (κ1) is 18.9. The molecule has 0 saturated carbocycles. The zero-order valence-electron chi connectivity index (χ0n) is 16.3. The SMILES string of the molecule is CN(C)c1ccc([C@@H]2[NH2+]C[C@@H](CSc3nnc(-c4ccncc4)n3C)O2)cc1. The predicted octanol–water partition coefficient (Wildman–Crippen LogP) is 1.70. The van der Waals surface area contributed by atoms with Crippen molar-refractivity contribution >= 4 is 17.4 Å². The van der Waals surface area contributed by atoms with E-state index >= 15 is 0 Å². The lowest BCUT2D eigenvalue weighted by molar-refractivity contribution is -0.697. The summed E-state index contributed by atoms with van der Waals surface area (Å²) in [5, 5.41) is 11.8.